The van der Waals surface area contributed by atoms with Crippen LogP contribution in [0.2, 0.25) is 0 Å². The summed E-state index contributed by atoms with van der Waals surface area (Å²) in [6.07, 6.45) is 0. The van der Waals surface area contributed by atoms with Gasteiger partial charge in [-0.15, -0.1) is 0 Å². The second kappa shape index (κ2) is 6.23. The normalized spacial score (nSPS) is 17.1. The molecular weight excluding hydrogens is 306 g/mol. The fourth-order valence-corrected chi connectivity index (χ4v) is 2.30. The first kappa shape index (κ1) is 16.1. The van der Waals surface area contributed by atoms with Gasteiger partial charge in [-0.3, -0.25) is 25.8 Å². The number of nitro benzene ring substituents is 1. The summed E-state index contributed by atoms with van der Waals surface area (Å²) in [5.41, 5.74) is 4.25. The fourth-order valence-electron chi connectivity index (χ4n) is 2.30. The number of amides is 1. The zero-order valence-corrected chi connectivity index (χ0v) is 11.9. The minimum atomic E-state index is -1.27. The average Bonchev–Trinajstić information content (AvgIpc) is 2.53. The van der Waals surface area contributed by atoms with Crippen molar-refractivity contribution in [2.24, 2.45) is 10.9 Å². The van der Waals surface area contributed by atoms with Crippen LogP contribution >= 0.6 is 0 Å². The van der Waals surface area contributed by atoms with Crippen molar-refractivity contribution in [3.8, 4) is 0 Å². The third-order valence-electron chi connectivity index (χ3n) is 3.32. The number of nitrogens with one attached hydrogen (secondary N) is 2. The molecule has 23 heavy (non-hydrogen) atoms. The largest absolute Gasteiger partial charge is 0.478 e. The summed E-state index contributed by atoms with van der Waals surface area (Å²) < 4.78 is 0. The van der Waals surface area contributed by atoms with E-state index in [9.17, 15) is 24.8 Å². The Morgan fingerprint density at radius 3 is 2.74 bits per heavy atom. The Morgan fingerprint density at radius 1 is 1.48 bits per heavy atom. The van der Waals surface area contributed by atoms with Crippen molar-refractivity contribution in [2.45, 2.75) is 12.8 Å². The standard InChI is InChI=1S/C13H13N5O5/c1-6-9(13(20)21)10(11(17-16-6)12(19)15-14)7-3-2-4-8(5-7)18(22)23/h2-5,10,16H,14H2,1H3,(H,15,19)(H,20,21). The predicted octanol–water partition coefficient (Wildman–Crippen LogP) is -0.0139. The smallest absolute Gasteiger partial charge is 0.334 e. The molecular formula is C13H13N5O5. The number of aliphatic carboxylic acids is 1. The predicted molar refractivity (Wildman–Crippen MR) is 79.1 cm³/mol. The van der Waals surface area contributed by atoms with E-state index in [4.69, 9.17) is 5.84 Å². The van der Waals surface area contributed by atoms with E-state index < -0.39 is 22.7 Å². The maximum atomic E-state index is 11.9. The van der Waals surface area contributed by atoms with Gasteiger partial charge in [-0.05, 0) is 12.5 Å². The molecule has 5 N–H and O–H groups in total. The second-order valence-corrected chi connectivity index (χ2v) is 4.71. The van der Waals surface area contributed by atoms with Crippen LogP contribution in [0.25, 0.3) is 0 Å². The molecule has 10 heteroatoms. The summed E-state index contributed by atoms with van der Waals surface area (Å²) in [6.45, 7) is 1.48. The highest BCUT2D eigenvalue weighted by Crippen LogP contribution is 2.32. The lowest BCUT2D eigenvalue weighted by Crippen LogP contribution is -2.43. The Hall–Kier alpha value is -3.27. The second-order valence-electron chi connectivity index (χ2n) is 4.71. The van der Waals surface area contributed by atoms with E-state index in [0.717, 1.165) is 0 Å². The highest BCUT2D eigenvalue weighted by molar-refractivity contribution is 6.42. The topological polar surface area (TPSA) is 160 Å². The molecule has 0 bridgehead atoms. The molecule has 0 saturated heterocycles. The number of benzene rings is 1. The maximum Gasteiger partial charge on any atom is 0.334 e. The number of nitrogens with zero attached hydrogens (tertiary/aromatic N) is 2. The first-order valence-electron chi connectivity index (χ1n) is 6.39. The molecule has 1 aromatic carbocycles. The molecule has 0 aromatic heterocycles. The number of hydrogen-bond donors (Lipinski definition) is 4. The van der Waals surface area contributed by atoms with E-state index in [1.54, 1.807) is 0 Å². The molecule has 120 valence electrons. The van der Waals surface area contributed by atoms with E-state index in [0.29, 0.717) is 0 Å². The molecule has 0 saturated carbocycles. The molecule has 0 radical (unpaired) electrons. The lowest BCUT2D eigenvalue weighted by molar-refractivity contribution is -0.384. The lowest BCUT2D eigenvalue weighted by Gasteiger charge is -2.25. The van der Waals surface area contributed by atoms with E-state index in [1.165, 1.54) is 31.2 Å². The van der Waals surface area contributed by atoms with Crippen LogP contribution in [0.5, 0.6) is 0 Å². The van der Waals surface area contributed by atoms with Crippen molar-refractivity contribution in [3.63, 3.8) is 0 Å². The summed E-state index contributed by atoms with van der Waals surface area (Å²) in [7, 11) is 0. The molecule has 1 atom stereocenters. The number of hydrogen-bond acceptors (Lipinski definition) is 7. The number of carboxylic acid groups (broad SMARTS) is 1. The fraction of sp³-hybridized carbons (Fsp3) is 0.154. The van der Waals surface area contributed by atoms with E-state index in [2.05, 4.69) is 10.5 Å². The maximum absolute atomic E-state index is 11.9. The molecule has 1 unspecified atom stereocenters. The van der Waals surface area contributed by atoms with Crippen LogP contribution in [-0.4, -0.2) is 27.6 Å². The van der Waals surface area contributed by atoms with Gasteiger partial charge in [0.25, 0.3) is 11.6 Å². The average molecular weight is 319 g/mol. The number of nitrogens with two attached hydrogens (primary N) is 1. The van der Waals surface area contributed by atoms with Gasteiger partial charge in [-0.1, -0.05) is 12.1 Å². The SMILES string of the molecule is CC1=C(C(=O)O)C(c2cccc([N+](=O)[O-])c2)C(C(=O)NN)=NN1. The third-order valence-corrected chi connectivity index (χ3v) is 3.32. The van der Waals surface area contributed by atoms with Gasteiger partial charge in [-0.25, -0.2) is 10.6 Å². The van der Waals surface area contributed by atoms with Gasteiger partial charge in [0.1, 0.15) is 5.71 Å². The van der Waals surface area contributed by atoms with Crippen molar-refractivity contribution in [1.82, 2.24) is 10.9 Å². The molecule has 0 spiro atoms. The number of hydrazine groups is 1. The molecule has 0 fully saturated rings. The van der Waals surface area contributed by atoms with Gasteiger partial charge in [0.05, 0.1) is 16.4 Å². The van der Waals surface area contributed by atoms with Crippen LogP contribution in [-0.2, 0) is 9.59 Å². The Labute approximate surface area is 129 Å². The van der Waals surface area contributed by atoms with E-state index in [-0.39, 0.29) is 28.2 Å². The minimum Gasteiger partial charge on any atom is -0.478 e. The van der Waals surface area contributed by atoms with Crippen molar-refractivity contribution in [3.05, 3.63) is 51.2 Å². The van der Waals surface area contributed by atoms with Gasteiger partial charge in [-0.2, -0.15) is 5.10 Å². The highest BCUT2D eigenvalue weighted by atomic mass is 16.6. The molecule has 1 amide bonds. The van der Waals surface area contributed by atoms with Crippen LogP contribution in [0.4, 0.5) is 5.69 Å². The van der Waals surface area contributed by atoms with Crippen LogP contribution in [0.15, 0.2) is 40.6 Å². The first-order valence-corrected chi connectivity index (χ1v) is 6.39. The monoisotopic (exact) mass is 319 g/mol. The molecule has 1 aliphatic rings. The Kier molecular flexibility index (Phi) is 4.37. The Bertz CT molecular complexity index is 755. The van der Waals surface area contributed by atoms with E-state index >= 15 is 0 Å². The lowest BCUT2D eigenvalue weighted by atomic mass is 9.84. The molecule has 2 rings (SSSR count). The highest BCUT2D eigenvalue weighted by Gasteiger charge is 2.36. The molecule has 1 aliphatic heterocycles. The first-order chi connectivity index (χ1) is 10.9. The zero-order chi connectivity index (χ0) is 17.1. The van der Waals surface area contributed by atoms with Crippen molar-refractivity contribution >= 4 is 23.3 Å². The summed E-state index contributed by atoms with van der Waals surface area (Å²) in [4.78, 5) is 33.8. The minimum absolute atomic E-state index is 0.140. The van der Waals surface area contributed by atoms with Crippen LogP contribution in [0.1, 0.15) is 18.4 Å². The summed E-state index contributed by atoms with van der Waals surface area (Å²) in [5.74, 6) is 1.95. The molecule has 0 aliphatic carbocycles. The third kappa shape index (κ3) is 3.01. The number of hydrazone groups is 1. The van der Waals surface area contributed by atoms with Crippen LogP contribution < -0.4 is 16.7 Å². The number of carboxylic acids is 1. The number of allylic oxidation sites excluding steroid dienone is 1. The van der Waals surface area contributed by atoms with Crippen molar-refractivity contribution in [2.75, 3.05) is 0 Å². The summed E-state index contributed by atoms with van der Waals surface area (Å²) in [5, 5.41) is 24.2. The van der Waals surface area contributed by atoms with E-state index in [1.807, 2.05) is 5.43 Å². The van der Waals surface area contributed by atoms with Crippen LogP contribution in [0, 0.1) is 10.1 Å². The van der Waals surface area contributed by atoms with Crippen LogP contribution in [0.3, 0.4) is 0 Å². The van der Waals surface area contributed by atoms with Gasteiger partial charge in [0.2, 0.25) is 0 Å². The number of rotatable bonds is 4. The van der Waals surface area contributed by atoms with Crippen molar-refractivity contribution < 1.29 is 19.6 Å². The Morgan fingerprint density at radius 2 is 2.17 bits per heavy atom. The molecule has 1 heterocycles. The summed E-state index contributed by atoms with van der Waals surface area (Å²) >= 11 is 0. The van der Waals surface area contributed by atoms with Gasteiger partial charge < -0.3 is 5.11 Å². The number of carbonyl (C=O) groups excluding carboxylic acids is 1. The van der Waals surface area contributed by atoms with Gasteiger partial charge in [0.15, 0.2) is 0 Å². The zero-order valence-electron chi connectivity index (χ0n) is 11.9. The van der Waals surface area contributed by atoms with Gasteiger partial charge >= 0.3 is 5.97 Å². The quantitative estimate of drug-likeness (QED) is 0.262. The molecule has 1 aromatic rings. The van der Waals surface area contributed by atoms with Gasteiger partial charge in [0, 0.05) is 17.8 Å². The van der Waals surface area contributed by atoms with Crippen molar-refractivity contribution in [1.29, 1.82) is 0 Å². The number of non-ortho nitro benzene ring substituents is 1. The summed E-state index contributed by atoms with van der Waals surface area (Å²) in [6, 6.07) is 5.35. The number of nitro groups is 1. The number of carbonyl (C=O) groups is 2. The molecule has 10 nitrogen and oxygen atoms in total. The Balaban J connectivity index is 2.63.